The van der Waals surface area contributed by atoms with Gasteiger partial charge in [-0.2, -0.15) is 0 Å². The van der Waals surface area contributed by atoms with Gasteiger partial charge < -0.3 is 14.7 Å². The summed E-state index contributed by atoms with van der Waals surface area (Å²) in [5.41, 5.74) is 31.6. The Hall–Kier alpha value is -7.56. The third kappa shape index (κ3) is 9.83. The van der Waals surface area contributed by atoms with E-state index in [2.05, 4.69) is 336 Å². The zero-order chi connectivity index (χ0) is 63.7. The van der Waals surface area contributed by atoms with Gasteiger partial charge in [0.1, 0.15) is 0 Å². The van der Waals surface area contributed by atoms with Crippen molar-refractivity contribution < 1.29 is 0 Å². The van der Waals surface area contributed by atoms with Crippen molar-refractivity contribution in [3.05, 3.63) is 237 Å². The van der Waals surface area contributed by atoms with Gasteiger partial charge in [0.2, 0.25) is 0 Å². The first-order valence-corrected chi connectivity index (χ1v) is 33.2. The zero-order valence-electron chi connectivity index (χ0n) is 57.6. The molecular formula is C85H96BN3. The average Bonchev–Trinajstić information content (AvgIpc) is 0.686. The molecule has 0 unspecified atom stereocenters. The second kappa shape index (κ2) is 20.2. The van der Waals surface area contributed by atoms with Gasteiger partial charge in [-0.1, -0.05) is 242 Å². The molecule has 4 aliphatic rings. The summed E-state index contributed by atoms with van der Waals surface area (Å²) in [6.07, 6.45) is 2.30. The molecule has 0 bridgehead atoms. The average molecular weight is 1170 g/mol. The Labute approximate surface area is 535 Å². The summed E-state index contributed by atoms with van der Waals surface area (Å²) < 4.78 is 0. The smallest absolute Gasteiger partial charge is 0.252 e. The van der Waals surface area contributed by atoms with Gasteiger partial charge in [-0.05, 0) is 208 Å². The Balaban J connectivity index is 1.18. The van der Waals surface area contributed by atoms with Crippen LogP contribution in [0.25, 0.3) is 11.1 Å². The highest BCUT2D eigenvalue weighted by molar-refractivity contribution is 7.00. The Morgan fingerprint density at radius 2 is 0.787 bits per heavy atom. The molecule has 9 aromatic carbocycles. The molecule has 2 aliphatic heterocycles. The van der Waals surface area contributed by atoms with E-state index in [9.17, 15) is 0 Å². The Morgan fingerprint density at radius 1 is 0.348 bits per heavy atom. The van der Waals surface area contributed by atoms with Crippen LogP contribution in [0.4, 0.5) is 51.2 Å². The number of benzene rings is 9. The van der Waals surface area contributed by atoms with E-state index in [0.717, 1.165) is 29.9 Å². The van der Waals surface area contributed by atoms with Crippen LogP contribution >= 0.6 is 0 Å². The molecule has 0 amide bonds. The maximum absolute atomic E-state index is 2.74. The molecule has 454 valence electrons. The molecule has 2 aliphatic carbocycles. The van der Waals surface area contributed by atoms with Crippen LogP contribution in [0, 0.1) is 6.92 Å². The normalized spacial score (nSPS) is 16.8. The predicted molar refractivity (Wildman–Crippen MR) is 386 cm³/mol. The second-order valence-electron chi connectivity index (χ2n) is 33.5. The van der Waals surface area contributed by atoms with Crippen molar-refractivity contribution in [2.24, 2.45) is 0 Å². The lowest BCUT2D eigenvalue weighted by atomic mass is 9.33. The fourth-order valence-corrected chi connectivity index (χ4v) is 15.7. The Bertz CT molecular complexity index is 4240. The van der Waals surface area contributed by atoms with Gasteiger partial charge >= 0.3 is 0 Å². The van der Waals surface area contributed by atoms with Crippen LogP contribution in [0.3, 0.4) is 0 Å². The van der Waals surface area contributed by atoms with Gasteiger partial charge in [-0.25, -0.2) is 0 Å². The third-order valence-corrected chi connectivity index (χ3v) is 21.5. The quantitative estimate of drug-likeness (QED) is 0.154. The first-order valence-electron chi connectivity index (χ1n) is 33.2. The first kappa shape index (κ1) is 60.4. The highest BCUT2D eigenvalue weighted by Crippen LogP contribution is 2.56. The fourth-order valence-electron chi connectivity index (χ4n) is 15.7. The number of rotatable bonds is 6. The largest absolute Gasteiger partial charge is 0.311 e. The summed E-state index contributed by atoms with van der Waals surface area (Å²) in [4.78, 5) is 7.98. The Kier molecular flexibility index (Phi) is 13.7. The van der Waals surface area contributed by atoms with Crippen LogP contribution in [0.15, 0.2) is 176 Å². The molecule has 3 nitrogen and oxygen atoms in total. The van der Waals surface area contributed by atoms with Gasteiger partial charge in [-0.3, -0.25) is 0 Å². The third-order valence-electron chi connectivity index (χ3n) is 21.5. The monoisotopic (exact) mass is 1170 g/mol. The van der Waals surface area contributed by atoms with E-state index in [-0.39, 0.29) is 50.0 Å². The van der Waals surface area contributed by atoms with Gasteiger partial charge in [0.05, 0.1) is 5.69 Å². The van der Waals surface area contributed by atoms with Crippen molar-refractivity contribution in [3.63, 3.8) is 0 Å². The SMILES string of the molecule is Cc1cc2c(cc1N1c3cc(N(c4ccc(C(C)(C)C)cc4)c4ccc(C(C)(C)C)cc4)ccc3B3c4cc5c(cc4N(c4ccc(C(C)(C)C)cc4-c4ccccc4)c4cc(C(C)(C)C)cc1c43)C(C)(C)c1ccccc1C5(C)C)C(C)(C)CCC2(C)C. The molecule has 0 N–H and O–H groups in total. The number of anilines is 9. The lowest BCUT2D eigenvalue weighted by Crippen LogP contribution is -2.62. The molecule has 0 atom stereocenters. The van der Waals surface area contributed by atoms with Crippen molar-refractivity contribution in [2.75, 3.05) is 14.7 Å². The van der Waals surface area contributed by atoms with Crippen LogP contribution < -0.4 is 31.1 Å². The van der Waals surface area contributed by atoms with Crippen LogP contribution in [0.2, 0.25) is 0 Å². The lowest BCUT2D eigenvalue weighted by Gasteiger charge is -2.49. The predicted octanol–water partition coefficient (Wildman–Crippen LogP) is 21.7. The number of hydrogen-bond acceptors (Lipinski definition) is 3. The summed E-state index contributed by atoms with van der Waals surface area (Å²) >= 11 is 0. The molecule has 4 heteroatoms. The molecule has 2 heterocycles. The van der Waals surface area contributed by atoms with Crippen molar-refractivity contribution in [2.45, 2.75) is 202 Å². The fraction of sp³-hybridized carbons (Fsp3) is 0.365. The highest BCUT2D eigenvalue weighted by atomic mass is 15.2. The molecule has 0 fully saturated rings. The molecular weight excluding hydrogens is 1070 g/mol. The summed E-state index contributed by atoms with van der Waals surface area (Å²) in [6, 6.07) is 69.9. The van der Waals surface area contributed by atoms with Gasteiger partial charge in [0, 0.05) is 61.9 Å². The van der Waals surface area contributed by atoms with E-state index in [0.29, 0.717) is 0 Å². The summed E-state index contributed by atoms with van der Waals surface area (Å²) in [5.74, 6) is 0. The van der Waals surface area contributed by atoms with Gasteiger partial charge in [0.15, 0.2) is 0 Å². The van der Waals surface area contributed by atoms with Gasteiger partial charge in [0.25, 0.3) is 6.71 Å². The molecule has 9 aromatic rings. The molecule has 0 saturated heterocycles. The molecule has 0 radical (unpaired) electrons. The van der Waals surface area contributed by atoms with Crippen molar-refractivity contribution in [1.29, 1.82) is 0 Å². The van der Waals surface area contributed by atoms with Crippen LogP contribution in [0.5, 0.6) is 0 Å². The van der Waals surface area contributed by atoms with Crippen molar-refractivity contribution >= 4 is 74.3 Å². The molecule has 0 aromatic heterocycles. The van der Waals surface area contributed by atoms with Crippen LogP contribution in [-0.4, -0.2) is 6.71 Å². The van der Waals surface area contributed by atoms with E-state index in [1.54, 1.807) is 0 Å². The van der Waals surface area contributed by atoms with Gasteiger partial charge in [-0.15, -0.1) is 0 Å². The topological polar surface area (TPSA) is 9.72 Å². The van der Waals surface area contributed by atoms with Crippen LogP contribution in [-0.2, 0) is 43.3 Å². The van der Waals surface area contributed by atoms with E-state index < -0.39 is 0 Å². The Morgan fingerprint density at radius 3 is 1.30 bits per heavy atom. The van der Waals surface area contributed by atoms with E-state index >= 15 is 0 Å². The second-order valence-corrected chi connectivity index (χ2v) is 33.5. The first-order chi connectivity index (χ1) is 41.6. The maximum atomic E-state index is 2.74. The maximum Gasteiger partial charge on any atom is 0.252 e. The minimum absolute atomic E-state index is 0.0111. The van der Waals surface area contributed by atoms with E-state index in [4.69, 9.17) is 0 Å². The standard InChI is InChI=1S/C85H96BN3/c1-53-45-65-66(83(16,17)44-43-82(65,14)15)51-72(53)89-73-49-61(87(59-36-31-55(32-37-59)78(2,3)4)60-38-33-56(34-39-60)79(5,6)7)40-41-69(73)86-70-50-67-68(85(20,21)64-30-26-25-29-63(64)84(67,18)19)52-74(70)88(75-47-58(81(11,12)13)48-76(89)77(75)86)71-42-35-57(80(8,9)10)46-62(71)54-27-23-22-24-28-54/h22-42,45-52H,43-44H2,1-21H3. The molecule has 0 saturated carbocycles. The highest BCUT2D eigenvalue weighted by Gasteiger charge is 2.49. The summed E-state index contributed by atoms with van der Waals surface area (Å²) in [7, 11) is 0. The minimum atomic E-state index is -0.276. The minimum Gasteiger partial charge on any atom is -0.311 e. The lowest BCUT2D eigenvalue weighted by molar-refractivity contribution is 0.332. The molecule has 0 spiro atoms. The van der Waals surface area contributed by atoms with Crippen molar-refractivity contribution in [1.82, 2.24) is 0 Å². The number of aryl methyl sites for hydroxylation is 1. The summed E-state index contributed by atoms with van der Waals surface area (Å²) in [5, 5.41) is 0. The zero-order valence-corrected chi connectivity index (χ0v) is 57.6. The van der Waals surface area contributed by atoms with E-state index in [1.807, 2.05) is 0 Å². The number of fused-ring (bicyclic) bond motifs is 7. The number of nitrogens with zero attached hydrogens (tertiary/aromatic N) is 3. The number of hydrogen-bond donors (Lipinski definition) is 0. The molecule has 13 rings (SSSR count). The van der Waals surface area contributed by atoms with E-state index in [1.165, 1.54) is 123 Å². The van der Waals surface area contributed by atoms with Crippen LogP contribution in [0.1, 0.15) is 213 Å². The van der Waals surface area contributed by atoms with Crippen molar-refractivity contribution in [3.8, 4) is 11.1 Å². The molecule has 89 heavy (non-hydrogen) atoms. The summed E-state index contributed by atoms with van der Waals surface area (Å²) in [6.45, 7) is 50.2.